The number of ether oxygens (including phenoxy) is 1. The average molecular weight is 208 g/mol. The molecule has 0 aromatic rings. The summed E-state index contributed by atoms with van der Waals surface area (Å²) in [4.78, 5) is 13.6. The molecule has 2 atom stereocenters. The summed E-state index contributed by atoms with van der Waals surface area (Å²) in [7, 11) is 0. The van der Waals surface area contributed by atoms with E-state index >= 15 is 0 Å². The van der Waals surface area contributed by atoms with Crippen LogP contribution in [0.15, 0.2) is 0 Å². The number of carbonyl (C=O) groups excluding carboxylic acids is 1. The summed E-state index contributed by atoms with van der Waals surface area (Å²) in [6.07, 6.45) is 3.41. The molecule has 1 aliphatic heterocycles. The maximum absolute atomic E-state index is 11.7. The minimum Gasteiger partial charge on any atom is -0.379 e. The van der Waals surface area contributed by atoms with Crippen LogP contribution >= 0.6 is 0 Å². The van der Waals surface area contributed by atoms with Gasteiger partial charge < -0.3 is 9.64 Å². The topological polar surface area (TPSA) is 53.3 Å². The number of amides is 1. The van der Waals surface area contributed by atoms with Crippen LogP contribution in [0.5, 0.6) is 0 Å². The third-order valence-corrected chi connectivity index (χ3v) is 3.38. The van der Waals surface area contributed by atoms with Crippen LogP contribution in [0.3, 0.4) is 0 Å². The second-order valence-electron chi connectivity index (χ2n) is 4.26. The number of hydrogen-bond acceptors (Lipinski definition) is 3. The highest BCUT2D eigenvalue weighted by atomic mass is 16.5. The fraction of sp³-hybridized carbons (Fsp3) is 0.818. The van der Waals surface area contributed by atoms with Crippen LogP contribution in [-0.2, 0) is 9.53 Å². The predicted octanol–water partition coefficient (Wildman–Crippen LogP) is 0.928. The van der Waals surface area contributed by atoms with Gasteiger partial charge in [0, 0.05) is 18.5 Å². The van der Waals surface area contributed by atoms with Gasteiger partial charge in [-0.1, -0.05) is 6.42 Å². The molecular formula is C11H16N2O2. The smallest absolute Gasteiger partial charge is 0.237 e. The molecule has 15 heavy (non-hydrogen) atoms. The minimum absolute atomic E-state index is 0.00319. The van der Waals surface area contributed by atoms with Crippen LogP contribution < -0.4 is 0 Å². The van der Waals surface area contributed by atoms with Crippen molar-refractivity contribution < 1.29 is 9.53 Å². The lowest BCUT2D eigenvalue weighted by Gasteiger charge is -2.29. The third kappa shape index (κ3) is 2.13. The van der Waals surface area contributed by atoms with Crippen molar-refractivity contribution in [3.05, 3.63) is 0 Å². The van der Waals surface area contributed by atoms with Gasteiger partial charge in [-0.3, -0.25) is 4.79 Å². The maximum Gasteiger partial charge on any atom is 0.237 e. The number of rotatable bonds is 1. The molecule has 2 rings (SSSR count). The summed E-state index contributed by atoms with van der Waals surface area (Å²) in [6, 6.07) is 2.26. The van der Waals surface area contributed by atoms with Crippen molar-refractivity contribution in [2.75, 3.05) is 19.8 Å². The molecule has 2 fully saturated rings. The molecule has 0 bridgehead atoms. The molecule has 1 saturated heterocycles. The molecule has 0 N–H and O–H groups in total. The van der Waals surface area contributed by atoms with Crippen LogP contribution in [0.2, 0.25) is 0 Å². The largest absolute Gasteiger partial charge is 0.379 e. The van der Waals surface area contributed by atoms with Gasteiger partial charge >= 0.3 is 0 Å². The Morgan fingerprint density at radius 1 is 1.53 bits per heavy atom. The zero-order valence-electron chi connectivity index (χ0n) is 8.82. The van der Waals surface area contributed by atoms with Gasteiger partial charge in [0.2, 0.25) is 5.91 Å². The first-order chi connectivity index (χ1) is 7.33. The van der Waals surface area contributed by atoms with Crippen LogP contribution in [-0.4, -0.2) is 36.6 Å². The van der Waals surface area contributed by atoms with E-state index in [1.54, 1.807) is 0 Å². The molecule has 1 heterocycles. The number of fused-ring (bicyclic) bond motifs is 1. The van der Waals surface area contributed by atoms with E-state index in [0.29, 0.717) is 25.1 Å². The summed E-state index contributed by atoms with van der Waals surface area (Å²) in [5, 5.41) is 8.55. The molecular weight excluding hydrogens is 192 g/mol. The predicted molar refractivity (Wildman–Crippen MR) is 53.9 cm³/mol. The van der Waals surface area contributed by atoms with E-state index in [-0.39, 0.29) is 12.3 Å². The van der Waals surface area contributed by atoms with Gasteiger partial charge in [0.15, 0.2) is 0 Å². The second-order valence-corrected chi connectivity index (χ2v) is 4.26. The van der Waals surface area contributed by atoms with E-state index in [1.165, 1.54) is 6.42 Å². The molecule has 1 saturated carbocycles. The number of hydrogen-bond donors (Lipinski definition) is 0. The Morgan fingerprint density at radius 2 is 2.40 bits per heavy atom. The summed E-state index contributed by atoms with van der Waals surface area (Å²) in [5.41, 5.74) is 0. The molecule has 1 aliphatic carbocycles. The van der Waals surface area contributed by atoms with Gasteiger partial charge in [-0.2, -0.15) is 5.26 Å². The summed E-state index contributed by atoms with van der Waals surface area (Å²) < 4.78 is 5.49. The van der Waals surface area contributed by atoms with Crippen molar-refractivity contribution in [2.24, 2.45) is 5.92 Å². The van der Waals surface area contributed by atoms with Crippen molar-refractivity contribution in [2.45, 2.75) is 31.7 Å². The molecule has 0 aromatic carbocycles. The van der Waals surface area contributed by atoms with Crippen LogP contribution in [0.25, 0.3) is 0 Å². The molecule has 4 nitrogen and oxygen atoms in total. The van der Waals surface area contributed by atoms with Crippen molar-refractivity contribution in [3.8, 4) is 6.07 Å². The normalized spacial score (nSPS) is 30.5. The zero-order valence-corrected chi connectivity index (χ0v) is 8.82. The molecule has 0 spiro atoms. The number of nitrogens with zero attached hydrogens (tertiary/aromatic N) is 2. The maximum atomic E-state index is 11.7. The molecule has 2 aliphatic rings. The van der Waals surface area contributed by atoms with E-state index in [2.05, 4.69) is 0 Å². The van der Waals surface area contributed by atoms with Gasteiger partial charge in [0.25, 0.3) is 0 Å². The first kappa shape index (κ1) is 10.4. The zero-order chi connectivity index (χ0) is 10.7. The molecule has 4 heteroatoms. The van der Waals surface area contributed by atoms with Crippen molar-refractivity contribution in [1.29, 1.82) is 5.26 Å². The third-order valence-electron chi connectivity index (χ3n) is 3.38. The van der Waals surface area contributed by atoms with Crippen LogP contribution in [0.4, 0.5) is 0 Å². The highest BCUT2D eigenvalue weighted by molar-refractivity contribution is 5.78. The minimum atomic E-state index is -0.0279. The fourth-order valence-electron chi connectivity index (χ4n) is 2.66. The lowest BCUT2D eigenvalue weighted by Crippen LogP contribution is -2.42. The van der Waals surface area contributed by atoms with Crippen molar-refractivity contribution in [3.63, 3.8) is 0 Å². The van der Waals surface area contributed by atoms with Gasteiger partial charge in [-0.15, -0.1) is 0 Å². The highest BCUT2D eigenvalue weighted by Gasteiger charge is 2.36. The number of carbonyl (C=O) groups is 1. The number of nitriles is 1. The summed E-state index contributed by atoms with van der Waals surface area (Å²) >= 11 is 0. The fourth-order valence-corrected chi connectivity index (χ4v) is 2.66. The van der Waals surface area contributed by atoms with Gasteiger partial charge in [-0.05, 0) is 12.8 Å². The quantitative estimate of drug-likeness (QED) is 0.644. The Labute approximate surface area is 89.8 Å². The van der Waals surface area contributed by atoms with Crippen molar-refractivity contribution in [1.82, 2.24) is 4.90 Å². The van der Waals surface area contributed by atoms with E-state index in [0.717, 1.165) is 19.4 Å². The SMILES string of the molecule is N#CCC(=O)N1CCOC[C@@H]2CCC[C@H]21. The van der Waals surface area contributed by atoms with Crippen LogP contribution in [0.1, 0.15) is 25.7 Å². The lowest BCUT2D eigenvalue weighted by atomic mass is 10.0. The monoisotopic (exact) mass is 208 g/mol. The van der Waals surface area contributed by atoms with Crippen LogP contribution in [0, 0.1) is 17.2 Å². The van der Waals surface area contributed by atoms with Gasteiger partial charge in [0.1, 0.15) is 6.42 Å². The standard InChI is InChI=1S/C11H16N2O2/c12-5-4-11(14)13-6-7-15-8-9-2-1-3-10(9)13/h9-10H,1-4,6-8H2/t9-,10+/m0/s1. The summed E-state index contributed by atoms with van der Waals surface area (Å²) in [6.45, 7) is 2.05. The van der Waals surface area contributed by atoms with Gasteiger partial charge in [0.05, 0.1) is 19.3 Å². The van der Waals surface area contributed by atoms with E-state index < -0.39 is 0 Å². The highest BCUT2D eigenvalue weighted by Crippen LogP contribution is 2.31. The van der Waals surface area contributed by atoms with E-state index in [4.69, 9.17) is 10.00 Å². The Kier molecular flexibility index (Phi) is 3.22. The molecule has 1 amide bonds. The second kappa shape index (κ2) is 4.63. The first-order valence-corrected chi connectivity index (χ1v) is 5.57. The molecule has 0 unspecified atom stereocenters. The Hall–Kier alpha value is -1.08. The Morgan fingerprint density at radius 3 is 3.20 bits per heavy atom. The first-order valence-electron chi connectivity index (χ1n) is 5.57. The van der Waals surface area contributed by atoms with E-state index in [9.17, 15) is 4.79 Å². The summed E-state index contributed by atoms with van der Waals surface area (Å²) in [5.74, 6) is 0.468. The average Bonchev–Trinajstić information content (AvgIpc) is 2.58. The Balaban J connectivity index is 2.07. The molecule has 0 radical (unpaired) electrons. The van der Waals surface area contributed by atoms with Crippen molar-refractivity contribution >= 4 is 5.91 Å². The lowest BCUT2D eigenvalue weighted by molar-refractivity contribution is -0.132. The molecule has 82 valence electrons. The molecule has 0 aromatic heterocycles. The van der Waals surface area contributed by atoms with Gasteiger partial charge in [-0.25, -0.2) is 0 Å². The Bertz CT molecular complexity index is 285. The van der Waals surface area contributed by atoms with E-state index in [1.807, 2.05) is 11.0 Å².